The third-order valence-corrected chi connectivity index (χ3v) is 4.11. The Hall–Kier alpha value is -2.81. The van der Waals surface area contributed by atoms with Gasteiger partial charge in [-0.25, -0.2) is 4.79 Å². The van der Waals surface area contributed by atoms with Crippen molar-refractivity contribution in [3.63, 3.8) is 0 Å². The van der Waals surface area contributed by atoms with E-state index in [1.165, 1.54) is 16.3 Å². The van der Waals surface area contributed by atoms with Gasteiger partial charge in [0.15, 0.2) is 0 Å². The van der Waals surface area contributed by atoms with Crippen molar-refractivity contribution >= 4 is 16.8 Å². The molecule has 24 heavy (non-hydrogen) atoms. The Morgan fingerprint density at radius 2 is 1.58 bits per heavy atom. The van der Waals surface area contributed by atoms with Crippen LogP contribution in [0.15, 0.2) is 72.8 Å². The van der Waals surface area contributed by atoms with Gasteiger partial charge in [-0.05, 0) is 34.4 Å². The molecule has 122 valence electrons. The number of fused-ring (bicyclic) bond motifs is 1. The van der Waals surface area contributed by atoms with Gasteiger partial charge in [-0.1, -0.05) is 66.7 Å². The van der Waals surface area contributed by atoms with Gasteiger partial charge in [0, 0.05) is 20.1 Å². The molecule has 0 atom stereocenters. The molecule has 0 bridgehead atoms. The van der Waals surface area contributed by atoms with Gasteiger partial charge >= 0.3 is 6.03 Å². The molecular weight excluding hydrogens is 296 g/mol. The molecule has 3 aromatic carbocycles. The highest BCUT2D eigenvalue weighted by atomic mass is 16.2. The van der Waals surface area contributed by atoms with Gasteiger partial charge in [0.05, 0.1) is 0 Å². The van der Waals surface area contributed by atoms with E-state index in [-0.39, 0.29) is 6.03 Å². The first kappa shape index (κ1) is 16.1. The third kappa shape index (κ3) is 4.13. The second kappa shape index (κ2) is 7.64. The summed E-state index contributed by atoms with van der Waals surface area (Å²) in [5.41, 5.74) is 2.37. The van der Waals surface area contributed by atoms with Crippen molar-refractivity contribution in [2.75, 3.05) is 13.6 Å². The lowest BCUT2D eigenvalue weighted by atomic mass is 10.1. The monoisotopic (exact) mass is 318 g/mol. The van der Waals surface area contributed by atoms with Crippen LogP contribution in [0.3, 0.4) is 0 Å². The minimum Gasteiger partial charge on any atom is -0.338 e. The van der Waals surface area contributed by atoms with Crippen LogP contribution in [-0.2, 0) is 13.0 Å². The van der Waals surface area contributed by atoms with E-state index < -0.39 is 0 Å². The lowest BCUT2D eigenvalue weighted by molar-refractivity contribution is 0.207. The molecule has 0 heterocycles. The van der Waals surface area contributed by atoms with Crippen molar-refractivity contribution in [1.82, 2.24) is 10.2 Å². The van der Waals surface area contributed by atoms with Crippen molar-refractivity contribution in [2.24, 2.45) is 0 Å². The number of rotatable bonds is 5. The zero-order valence-corrected chi connectivity index (χ0v) is 13.9. The summed E-state index contributed by atoms with van der Waals surface area (Å²) in [4.78, 5) is 13.9. The maximum absolute atomic E-state index is 12.2. The molecule has 0 saturated heterocycles. The highest BCUT2D eigenvalue weighted by Crippen LogP contribution is 2.16. The molecule has 0 saturated carbocycles. The van der Waals surface area contributed by atoms with E-state index in [1.807, 2.05) is 37.4 Å². The second-order valence-corrected chi connectivity index (χ2v) is 6.01. The lowest BCUT2D eigenvalue weighted by Gasteiger charge is -2.18. The fraction of sp³-hybridized carbons (Fsp3) is 0.190. The highest BCUT2D eigenvalue weighted by molar-refractivity contribution is 5.83. The Bertz CT molecular complexity index is 814. The smallest absolute Gasteiger partial charge is 0.317 e. The van der Waals surface area contributed by atoms with Gasteiger partial charge in [0.1, 0.15) is 0 Å². The normalized spacial score (nSPS) is 10.5. The Morgan fingerprint density at radius 3 is 2.38 bits per heavy atom. The zero-order valence-electron chi connectivity index (χ0n) is 13.9. The Morgan fingerprint density at radius 1 is 0.875 bits per heavy atom. The third-order valence-electron chi connectivity index (χ3n) is 4.11. The van der Waals surface area contributed by atoms with Crippen LogP contribution >= 0.6 is 0 Å². The number of amides is 2. The number of hydrogen-bond acceptors (Lipinski definition) is 1. The number of benzene rings is 3. The predicted molar refractivity (Wildman–Crippen MR) is 99.0 cm³/mol. The topological polar surface area (TPSA) is 32.3 Å². The summed E-state index contributed by atoms with van der Waals surface area (Å²) in [6.07, 6.45) is 0.844. The van der Waals surface area contributed by atoms with Crippen LogP contribution in [0.2, 0.25) is 0 Å². The first-order valence-corrected chi connectivity index (χ1v) is 8.23. The molecule has 0 radical (unpaired) electrons. The molecule has 0 aliphatic rings. The van der Waals surface area contributed by atoms with Crippen molar-refractivity contribution in [2.45, 2.75) is 13.0 Å². The number of nitrogens with one attached hydrogen (secondary N) is 1. The summed E-state index contributed by atoms with van der Waals surface area (Å²) in [6.45, 7) is 1.24. The molecule has 0 spiro atoms. The van der Waals surface area contributed by atoms with E-state index in [0.29, 0.717) is 13.1 Å². The van der Waals surface area contributed by atoms with E-state index in [2.05, 4.69) is 47.8 Å². The average molecular weight is 318 g/mol. The van der Waals surface area contributed by atoms with Gasteiger partial charge in [-0.3, -0.25) is 0 Å². The van der Waals surface area contributed by atoms with Crippen LogP contribution in [0.25, 0.3) is 10.8 Å². The molecule has 0 aliphatic heterocycles. The van der Waals surface area contributed by atoms with E-state index >= 15 is 0 Å². The summed E-state index contributed by atoms with van der Waals surface area (Å²) >= 11 is 0. The largest absolute Gasteiger partial charge is 0.338 e. The van der Waals surface area contributed by atoms with Crippen molar-refractivity contribution in [3.05, 3.63) is 83.9 Å². The summed E-state index contributed by atoms with van der Waals surface area (Å²) in [5.74, 6) is 0. The van der Waals surface area contributed by atoms with E-state index in [1.54, 1.807) is 4.90 Å². The number of carbonyl (C=O) groups is 1. The molecule has 0 aliphatic carbocycles. The minimum absolute atomic E-state index is 0.0425. The number of nitrogens with zero attached hydrogens (tertiary/aromatic N) is 1. The van der Waals surface area contributed by atoms with Gasteiger partial charge in [0.2, 0.25) is 0 Å². The molecule has 1 N–H and O–H groups in total. The summed E-state index contributed by atoms with van der Waals surface area (Å²) in [5, 5.41) is 5.40. The van der Waals surface area contributed by atoms with Gasteiger partial charge in [-0.15, -0.1) is 0 Å². The molecular formula is C21H22N2O. The van der Waals surface area contributed by atoms with E-state index in [0.717, 1.165) is 12.0 Å². The van der Waals surface area contributed by atoms with E-state index in [9.17, 15) is 4.79 Å². The Kier molecular flexibility index (Phi) is 5.12. The SMILES string of the molecule is CN(Cc1ccc2ccccc2c1)C(=O)NCCc1ccccc1. The molecule has 2 amide bonds. The van der Waals surface area contributed by atoms with Gasteiger partial charge in [0.25, 0.3) is 0 Å². The van der Waals surface area contributed by atoms with Crippen LogP contribution in [0.4, 0.5) is 4.79 Å². The fourth-order valence-corrected chi connectivity index (χ4v) is 2.78. The van der Waals surface area contributed by atoms with Crippen LogP contribution in [0.5, 0.6) is 0 Å². The maximum atomic E-state index is 12.2. The summed E-state index contributed by atoms with van der Waals surface area (Å²) < 4.78 is 0. The Labute approximate surface area is 142 Å². The first-order chi connectivity index (χ1) is 11.7. The molecule has 3 nitrogen and oxygen atoms in total. The van der Waals surface area contributed by atoms with Crippen LogP contribution in [0, 0.1) is 0 Å². The van der Waals surface area contributed by atoms with Crippen molar-refractivity contribution < 1.29 is 4.79 Å². The van der Waals surface area contributed by atoms with Crippen molar-refractivity contribution in [3.8, 4) is 0 Å². The number of hydrogen-bond donors (Lipinski definition) is 1. The van der Waals surface area contributed by atoms with Gasteiger partial charge in [-0.2, -0.15) is 0 Å². The van der Waals surface area contributed by atoms with Crippen LogP contribution < -0.4 is 5.32 Å². The van der Waals surface area contributed by atoms with E-state index in [4.69, 9.17) is 0 Å². The number of carbonyl (C=O) groups excluding carboxylic acids is 1. The fourth-order valence-electron chi connectivity index (χ4n) is 2.78. The molecule has 3 rings (SSSR count). The molecule has 3 heteroatoms. The maximum Gasteiger partial charge on any atom is 0.317 e. The van der Waals surface area contributed by atoms with Crippen LogP contribution in [0.1, 0.15) is 11.1 Å². The standard InChI is InChI=1S/C21H22N2O/c1-23(21(24)22-14-13-17-7-3-2-4-8-17)16-18-11-12-19-9-5-6-10-20(19)15-18/h2-12,15H,13-14,16H2,1H3,(H,22,24). The molecule has 3 aromatic rings. The lowest BCUT2D eigenvalue weighted by Crippen LogP contribution is -2.37. The quantitative estimate of drug-likeness (QED) is 0.750. The molecule has 0 unspecified atom stereocenters. The molecule has 0 aromatic heterocycles. The summed E-state index contributed by atoms with van der Waals surface area (Å²) in [6, 6.07) is 24.7. The predicted octanol–water partition coefficient (Wildman–Crippen LogP) is 4.22. The average Bonchev–Trinajstić information content (AvgIpc) is 2.62. The summed E-state index contributed by atoms with van der Waals surface area (Å²) in [7, 11) is 1.83. The molecule has 0 fully saturated rings. The Balaban J connectivity index is 1.53. The first-order valence-electron chi connectivity index (χ1n) is 8.23. The van der Waals surface area contributed by atoms with Crippen molar-refractivity contribution in [1.29, 1.82) is 0 Å². The van der Waals surface area contributed by atoms with Gasteiger partial charge < -0.3 is 10.2 Å². The second-order valence-electron chi connectivity index (χ2n) is 6.01. The minimum atomic E-state index is -0.0425. The number of urea groups is 1. The zero-order chi connectivity index (χ0) is 16.8. The highest BCUT2D eigenvalue weighted by Gasteiger charge is 2.08. The van der Waals surface area contributed by atoms with Crippen LogP contribution in [-0.4, -0.2) is 24.5 Å².